The predicted molar refractivity (Wildman–Crippen MR) is 45.3 cm³/mol. The minimum atomic E-state index is 0.601. The number of aromatic nitrogens is 1. The first-order chi connectivity index (χ1) is 4.83. The fourth-order valence-corrected chi connectivity index (χ4v) is 1.22. The predicted octanol–water partition coefficient (Wildman–Crippen LogP) is 1.55. The van der Waals surface area contributed by atoms with Crippen LogP contribution in [0.2, 0.25) is 0 Å². The lowest BCUT2D eigenvalue weighted by Crippen LogP contribution is -1.96. The maximum atomic E-state index is 5.41. The third-order valence-electron chi connectivity index (χ3n) is 1.08. The van der Waals surface area contributed by atoms with Crippen LogP contribution < -0.4 is 11.1 Å². The van der Waals surface area contributed by atoms with Crippen molar-refractivity contribution in [2.45, 2.75) is 13.3 Å². The smallest absolute Gasteiger partial charge is 0.139 e. The van der Waals surface area contributed by atoms with E-state index in [1.54, 1.807) is 0 Å². The summed E-state index contributed by atoms with van der Waals surface area (Å²) in [5.74, 6) is 0.601. The standard InChI is InChI=1S/C6H11N3S/c1-2-3-8-6-4-5(7)9-10-6/h4,8H,2-3H2,1H3,(H2,7,9). The molecular formula is C6H11N3S. The Morgan fingerprint density at radius 2 is 2.60 bits per heavy atom. The molecule has 0 radical (unpaired) electrons. The van der Waals surface area contributed by atoms with E-state index in [0.29, 0.717) is 5.82 Å². The van der Waals surface area contributed by atoms with Crippen LogP contribution in [0.1, 0.15) is 13.3 Å². The Kier molecular flexibility index (Phi) is 2.50. The first-order valence-corrected chi connectivity index (χ1v) is 4.06. The van der Waals surface area contributed by atoms with Gasteiger partial charge in [0.2, 0.25) is 0 Å². The second-order valence-corrected chi connectivity index (χ2v) is 2.85. The maximum absolute atomic E-state index is 5.41. The number of nitrogens with zero attached hydrogens (tertiary/aromatic N) is 1. The summed E-state index contributed by atoms with van der Waals surface area (Å²) >= 11 is 1.40. The van der Waals surface area contributed by atoms with Gasteiger partial charge in [0.1, 0.15) is 10.8 Å². The van der Waals surface area contributed by atoms with Gasteiger partial charge >= 0.3 is 0 Å². The second kappa shape index (κ2) is 3.41. The lowest BCUT2D eigenvalue weighted by molar-refractivity contribution is 0.984. The van der Waals surface area contributed by atoms with Gasteiger partial charge in [0.15, 0.2) is 0 Å². The summed E-state index contributed by atoms with van der Waals surface area (Å²) in [5.41, 5.74) is 5.41. The molecule has 0 unspecified atom stereocenters. The van der Waals surface area contributed by atoms with Crippen LogP contribution in [-0.4, -0.2) is 10.9 Å². The van der Waals surface area contributed by atoms with E-state index in [2.05, 4.69) is 16.6 Å². The minimum absolute atomic E-state index is 0.601. The van der Waals surface area contributed by atoms with Crippen molar-refractivity contribution in [2.75, 3.05) is 17.6 Å². The summed E-state index contributed by atoms with van der Waals surface area (Å²) in [6.07, 6.45) is 1.12. The van der Waals surface area contributed by atoms with E-state index < -0.39 is 0 Å². The molecule has 0 aliphatic heterocycles. The summed E-state index contributed by atoms with van der Waals surface area (Å²) in [5, 5.41) is 4.25. The molecule has 0 saturated heterocycles. The van der Waals surface area contributed by atoms with Crippen LogP contribution in [-0.2, 0) is 0 Å². The van der Waals surface area contributed by atoms with Crippen molar-refractivity contribution >= 4 is 22.4 Å². The highest BCUT2D eigenvalue weighted by molar-refractivity contribution is 7.10. The molecule has 0 aliphatic carbocycles. The summed E-state index contributed by atoms with van der Waals surface area (Å²) in [7, 11) is 0. The van der Waals surface area contributed by atoms with E-state index in [1.807, 2.05) is 6.07 Å². The Morgan fingerprint density at radius 3 is 3.10 bits per heavy atom. The molecule has 0 amide bonds. The normalized spacial score (nSPS) is 9.70. The van der Waals surface area contributed by atoms with Gasteiger partial charge < -0.3 is 11.1 Å². The van der Waals surface area contributed by atoms with Crippen molar-refractivity contribution in [3.63, 3.8) is 0 Å². The van der Waals surface area contributed by atoms with Gasteiger partial charge in [-0.2, -0.15) is 4.37 Å². The van der Waals surface area contributed by atoms with Crippen molar-refractivity contribution < 1.29 is 0 Å². The number of nitrogens with one attached hydrogen (secondary N) is 1. The number of hydrogen-bond donors (Lipinski definition) is 2. The topological polar surface area (TPSA) is 50.9 Å². The van der Waals surface area contributed by atoms with Crippen molar-refractivity contribution in [3.8, 4) is 0 Å². The van der Waals surface area contributed by atoms with Crippen LogP contribution in [0.15, 0.2) is 6.07 Å². The fourth-order valence-electron chi connectivity index (χ4n) is 0.620. The van der Waals surface area contributed by atoms with Crippen molar-refractivity contribution in [3.05, 3.63) is 6.07 Å². The molecule has 0 aromatic carbocycles. The summed E-state index contributed by atoms with van der Waals surface area (Å²) in [4.78, 5) is 0. The quantitative estimate of drug-likeness (QED) is 0.700. The summed E-state index contributed by atoms with van der Waals surface area (Å²) < 4.78 is 3.93. The zero-order valence-corrected chi connectivity index (χ0v) is 6.74. The Hall–Kier alpha value is -0.770. The summed E-state index contributed by atoms with van der Waals surface area (Å²) in [6, 6.07) is 1.85. The average molecular weight is 157 g/mol. The number of nitrogen functional groups attached to an aromatic ring is 1. The zero-order chi connectivity index (χ0) is 7.40. The Labute approximate surface area is 64.4 Å². The van der Waals surface area contributed by atoms with Crippen molar-refractivity contribution in [1.29, 1.82) is 0 Å². The maximum Gasteiger partial charge on any atom is 0.139 e. The lowest BCUT2D eigenvalue weighted by Gasteiger charge is -1.96. The molecule has 0 bridgehead atoms. The van der Waals surface area contributed by atoms with E-state index in [0.717, 1.165) is 18.0 Å². The van der Waals surface area contributed by atoms with Gasteiger partial charge in [-0.1, -0.05) is 6.92 Å². The largest absolute Gasteiger partial charge is 0.383 e. The van der Waals surface area contributed by atoms with Gasteiger partial charge in [0.05, 0.1) is 0 Å². The Morgan fingerprint density at radius 1 is 1.80 bits per heavy atom. The van der Waals surface area contributed by atoms with E-state index in [9.17, 15) is 0 Å². The number of nitrogens with two attached hydrogens (primary N) is 1. The zero-order valence-electron chi connectivity index (χ0n) is 5.92. The van der Waals surface area contributed by atoms with Crippen LogP contribution in [0.25, 0.3) is 0 Å². The fraction of sp³-hybridized carbons (Fsp3) is 0.500. The van der Waals surface area contributed by atoms with Gasteiger partial charge in [0.25, 0.3) is 0 Å². The van der Waals surface area contributed by atoms with Crippen LogP contribution in [0.3, 0.4) is 0 Å². The molecule has 0 aliphatic rings. The SMILES string of the molecule is CCCNc1cc(N)ns1. The molecule has 0 fully saturated rings. The van der Waals surface area contributed by atoms with E-state index in [1.165, 1.54) is 11.5 Å². The first-order valence-electron chi connectivity index (χ1n) is 3.29. The molecule has 0 spiro atoms. The molecular weight excluding hydrogens is 146 g/mol. The molecule has 10 heavy (non-hydrogen) atoms. The highest BCUT2D eigenvalue weighted by Gasteiger charge is 1.94. The van der Waals surface area contributed by atoms with Crippen LogP contribution in [0, 0.1) is 0 Å². The lowest BCUT2D eigenvalue weighted by atomic mass is 10.5. The molecule has 3 N–H and O–H groups in total. The third kappa shape index (κ3) is 1.88. The van der Waals surface area contributed by atoms with E-state index >= 15 is 0 Å². The highest BCUT2D eigenvalue weighted by atomic mass is 32.1. The molecule has 1 rings (SSSR count). The molecule has 0 saturated carbocycles. The van der Waals surface area contributed by atoms with Crippen LogP contribution >= 0.6 is 11.5 Å². The molecule has 4 heteroatoms. The Balaban J connectivity index is 2.42. The Bertz CT molecular complexity index is 197. The van der Waals surface area contributed by atoms with Crippen LogP contribution in [0.5, 0.6) is 0 Å². The highest BCUT2D eigenvalue weighted by Crippen LogP contribution is 2.16. The van der Waals surface area contributed by atoms with Crippen molar-refractivity contribution in [2.24, 2.45) is 0 Å². The summed E-state index contributed by atoms with van der Waals surface area (Å²) in [6.45, 7) is 3.11. The first kappa shape index (κ1) is 7.34. The van der Waals surface area contributed by atoms with Crippen molar-refractivity contribution in [1.82, 2.24) is 4.37 Å². The van der Waals surface area contributed by atoms with E-state index in [-0.39, 0.29) is 0 Å². The van der Waals surface area contributed by atoms with Gasteiger partial charge in [0, 0.05) is 12.6 Å². The molecule has 3 nitrogen and oxygen atoms in total. The van der Waals surface area contributed by atoms with E-state index in [4.69, 9.17) is 5.73 Å². The molecule has 1 heterocycles. The second-order valence-electron chi connectivity index (χ2n) is 2.04. The number of rotatable bonds is 3. The van der Waals surface area contributed by atoms with Gasteiger partial charge in [-0.25, -0.2) is 0 Å². The molecule has 1 aromatic rings. The van der Waals surface area contributed by atoms with Crippen LogP contribution in [0.4, 0.5) is 10.8 Å². The average Bonchev–Trinajstić information content (AvgIpc) is 2.31. The number of hydrogen-bond acceptors (Lipinski definition) is 4. The van der Waals surface area contributed by atoms with Gasteiger partial charge in [-0.3, -0.25) is 0 Å². The minimum Gasteiger partial charge on any atom is -0.383 e. The monoisotopic (exact) mass is 157 g/mol. The molecule has 1 aromatic heterocycles. The van der Waals surface area contributed by atoms with Gasteiger partial charge in [-0.05, 0) is 18.0 Å². The third-order valence-corrected chi connectivity index (χ3v) is 1.84. The molecule has 0 atom stereocenters. The number of anilines is 2. The van der Waals surface area contributed by atoms with Gasteiger partial charge in [-0.15, -0.1) is 0 Å². The molecule has 56 valence electrons.